The molecule has 0 aromatic heterocycles. The number of nitrogens with one attached hydrogen (secondary N) is 2. The zero-order valence-corrected chi connectivity index (χ0v) is 14.6. The molecule has 7 nitrogen and oxygen atoms in total. The van der Waals surface area contributed by atoms with E-state index < -0.39 is 17.9 Å². The van der Waals surface area contributed by atoms with Crippen LogP contribution in [0.15, 0.2) is 42.5 Å². The monoisotopic (exact) mass is 356 g/mol. The summed E-state index contributed by atoms with van der Waals surface area (Å²) in [5, 5.41) is 0. The van der Waals surface area contributed by atoms with Gasteiger partial charge < -0.3 is 14.2 Å². The van der Waals surface area contributed by atoms with Crippen molar-refractivity contribution >= 4 is 11.8 Å². The molecule has 1 unspecified atom stereocenters. The zero-order chi connectivity index (χ0) is 18.5. The molecule has 7 heteroatoms. The van der Waals surface area contributed by atoms with Crippen LogP contribution in [0.3, 0.4) is 0 Å². The summed E-state index contributed by atoms with van der Waals surface area (Å²) in [6.07, 6.45) is -0.842. The number of hydrogen-bond acceptors (Lipinski definition) is 5. The fourth-order valence-electron chi connectivity index (χ4n) is 2.50. The van der Waals surface area contributed by atoms with Gasteiger partial charge in [-0.15, -0.1) is 0 Å². The number of fused-ring (bicyclic) bond motifs is 1. The average Bonchev–Trinajstić information content (AvgIpc) is 2.65. The Hall–Kier alpha value is -3.22. The summed E-state index contributed by atoms with van der Waals surface area (Å²) in [4.78, 5) is 24.0. The maximum atomic E-state index is 12.1. The molecule has 0 fully saturated rings. The highest BCUT2D eigenvalue weighted by Crippen LogP contribution is 2.30. The first-order chi connectivity index (χ1) is 12.5. The van der Waals surface area contributed by atoms with Crippen LogP contribution in [0.1, 0.15) is 11.1 Å². The van der Waals surface area contributed by atoms with Gasteiger partial charge in [0.15, 0.2) is 18.1 Å². The second-order valence-electron chi connectivity index (χ2n) is 5.96. The number of para-hydroxylation sites is 2. The third kappa shape index (κ3) is 4.24. The van der Waals surface area contributed by atoms with Crippen LogP contribution in [0.4, 0.5) is 0 Å². The summed E-state index contributed by atoms with van der Waals surface area (Å²) < 4.78 is 16.5. The molecule has 26 heavy (non-hydrogen) atoms. The maximum Gasteiger partial charge on any atom is 0.283 e. The molecule has 1 heterocycles. The molecule has 2 aromatic rings. The molecule has 0 bridgehead atoms. The molecule has 0 saturated heterocycles. The number of amides is 2. The Kier molecular flexibility index (Phi) is 5.26. The third-order valence-electron chi connectivity index (χ3n) is 3.82. The van der Waals surface area contributed by atoms with E-state index in [1.165, 1.54) is 0 Å². The number of hydrazine groups is 1. The average molecular weight is 356 g/mol. The predicted octanol–water partition coefficient (Wildman–Crippen LogP) is 1.67. The number of benzene rings is 2. The van der Waals surface area contributed by atoms with Crippen LogP contribution in [0.2, 0.25) is 0 Å². The number of carbonyl (C=O) groups excluding carboxylic acids is 2. The largest absolute Gasteiger partial charge is 0.485 e. The van der Waals surface area contributed by atoms with E-state index in [0.29, 0.717) is 17.2 Å². The lowest BCUT2D eigenvalue weighted by Gasteiger charge is -2.25. The molecule has 1 aliphatic heterocycles. The van der Waals surface area contributed by atoms with E-state index >= 15 is 0 Å². The van der Waals surface area contributed by atoms with Crippen LogP contribution in [0, 0.1) is 13.8 Å². The molecule has 0 radical (unpaired) electrons. The standard InChI is InChI=1S/C19H20N2O5/c1-12-7-8-14(13(2)9-12)25-11-18(22)20-21-19(23)17-10-24-15-5-3-4-6-16(15)26-17/h3-9,17H,10-11H2,1-2H3,(H,20,22)(H,21,23). The van der Waals surface area contributed by atoms with Gasteiger partial charge in [-0.3, -0.25) is 20.4 Å². The normalized spacial score (nSPS) is 15.1. The molecule has 0 aliphatic carbocycles. The van der Waals surface area contributed by atoms with Gasteiger partial charge in [0.25, 0.3) is 11.8 Å². The number of rotatable bonds is 4. The lowest BCUT2D eigenvalue weighted by Crippen LogP contribution is -2.51. The molecule has 0 saturated carbocycles. The molecule has 136 valence electrons. The van der Waals surface area contributed by atoms with E-state index in [1.807, 2.05) is 32.0 Å². The zero-order valence-electron chi connectivity index (χ0n) is 14.6. The Balaban J connectivity index is 1.45. The minimum absolute atomic E-state index is 0.0672. The summed E-state index contributed by atoms with van der Waals surface area (Å²) in [7, 11) is 0. The van der Waals surface area contributed by atoms with Gasteiger partial charge in [-0.2, -0.15) is 0 Å². The number of aryl methyl sites for hydroxylation is 2. The first-order valence-electron chi connectivity index (χ1n) is 8.20. The van der Waals surface area contributed by atoms with Crippen LogP contribution in [-0.2, 0) is 9.59 Å². The highest BCUT2D eigenvalue weighted by Gasteiger charge is 2.27. The van der Waals surface area contributed by atoms with Gasteiger partial charge >= 0.3 is 0 Å². The van der Waals surface area contributed by atoms with Crippen molar-refractivity contribution < 1.29 is 23.8 Å². The topological polar surface area (TPSA) is 85.9 Å². The first-order valence-corrected chi connectivity index (χ1v) is 8.20. The van der Waals surface area contributed by atoms with Gasteiger partial charge in [0.05, 0.1) is 0 Å². The first kappa shape index (κ1) is 17.6. The second kappa shape index (κ2) is 7.77. The Morgan fingerprint density at radius 2 is 1.88 bits per heavy atom. The van der Waals surface area contributed by atoms with Crippen molar-refractivity contribution in [3.05, 3.63) is 53.6 Å². The molecule has 2 amide bonds. The van der Waals surface area contributed by atoms with Crippen molar-refractivity contribution in [1.29, 1.82) is 0 Å². The maximum absolute atomic E-state index is 12.1. The minimum Gasteiger partial charge on any atom is -0.485 e. The van der Waals surface area contributed by atoms with Gasteiger partial charge in [-0.1, -0.05) is 29.8 Å². The van der Waals surface area contributed by atoms with Crippen LogP contribution in [0.5, 0.6) is 17.2 Å². The van der Waals surface area contributed by atoms with Gasteiger partial charge in [-0.25, -0.2) is 0 Å². The summed E-state index contributed by atoms with van der Waals surface area (Å²) in [5.74, 6) is 0.721. The molecule has 3 rings (SSSR count). The summed E-state index contributed by atoms with van der Waals surface area (Å²) in [6.45, 7) is 3.74. The van der Waals surface area contributed by atoms with E-state index in [1.54, 1.807) is 24.3 Å². The van der Waals surface area contributed by atoms with Crippen LogP contribution >= 0.6 is 0 Å². The molecule has 2 aromatic carbocycles. The quantitative estimate of drug-likeness (QED) is 0.814. The predicted molar refractivity (Wildman–Crippen MR) is 94.0 cm³/mol. The fraction of sp³-hybridized carbons (Fsp3) is 0.263. The molecule has 1 atom stereocenters. The van der Waals surface area contributed by atoms with Gasteiger partial charge in [0.2, 0.25) is 6.10 Å². The smallest absolute Gasteiger partial charge is 0.283 e. The Bertz CT molecular complexity index is 821. The van der Waals surface area contributed by atoms with Crippen LogP contribution < -0.4 is 25.1 Å². The van der Waals surface area contributed by atoms with Crippen LogP contribution in [-0.4, -0.2) is 31.1 Å². The second-order valence-corrected chi connectivity index (χ2v) is 5.96. The van der Waals surface area contributed by atoms with Gasteiger partial charge in [0, 0.05) is 0 Å². The van der Waals surface area contributed by atoms with Crippen molar-refractivity contribution in [1.82, 2.24) is 10.9 Å². The molecule has 2 N–H and O–H groups in total. The third-order valence-corrected chi connectivity index (χ3v) is 3.82. The van der Waals surface area contributed by atoms with E-state index in [4.69, 9.17) is 14.2 Å². The Morgan fingerprint density at radius 3 is 2.65 bits per heavy atom. The van der Waals surface area contributed by atoms with Gasteiger partial charge in [-0.05, 0) is 37.6 Å². The van der Waals surface area contributed by atoms with Crippen molar-refractivity contribution in [2.45, 2.75) is 20.0 Å². The lowest BCUT2D eigenvalue weighted by atomic mass is 10.1. The SMILES string of the molecule is Cc1ccc(OCC(=O)NNC(=O)C2COc3ccccc3O2)c(C)c1. The fourth-order valence-corrected chi connectivity index (χ4v) is 2.50. The lowest BCUT2D eigenvalue weighted by molar-refractivity contribution is -0.135. The summed E-state index contributed by atoms with van der Waals surface area (Å²) >= 11 is 0. The minimum atomic E-state index is -0.842. The van der Waals surface area contributed by atoms with Crippen molar-refractivity contribution in [2.24, 2.45) is 0 Å². The highest BCUT2D eigenvalue weighted by molar-refractivity contribution is 5.85. The van der Waals surface area contributed by atoms with Gasteiger partial charge in [0.1, 0.15) is 12.4 Å². The Labute approximate surface area is 151 Å². The van der Waals surface area contributed by atoms with E-state index in [-0.39, 0.29) is 13.2 Å². The molecule has 0 spiro atoms. The van der Waals surface area contributed by atoms with Crippen molar-refractivity contribution in [3.63, 3.8) is 0 Å². The molecular formula is C19H20N2O5. The van der Waals surface area contributed by atoms with Crippen molar-refractivity contribution in [2.75, 3.05) is 13.2 Å². The number of carbonyl (C=O) groups is 2. The summed E-state index contributed by atoms with van der Waals surface area (Å²) in [5.41, 5.74) is 6.68. The van der Waals surface area contributed by atoms with E-state index in [2.05, 4.69) is 10.9 Å². The Morgan fingerprint density at radius 1 is 1.12 bits per heavy atom. The van der Waals surface area contributed by atoms with Crippen molar-refractivity contribution in [3.8, 4) is 17.2 Å². The number of hydrogen-bond donors (Lipinski definition) is 2. The van der Waals surface area contributed by atoms with Crippen LogP contribution in [0.25, 0.3) is 0 Å². The van der Waals surface area contributed by atoms with E-state index in [9.17, 15) is 9.59 Å². The molecule has 1 aliphatic rings. The highest BCUT2D eigenvalue weighted by atomic mass is 16.6. The summed E-state index contributed by atoms with van der Waals surface area (Å²) in [6, 6.07) is 12.8. The number of ether oxygens (including phenoxy) is 3. The molecular weight excluding hydrogens is 336 g/mol. The van der Waals surface area contributed by atoms with E-state index in [0.717, 1.165) is 11.1 Å².